The maximum absolute atomic E-state index is 13.2. The SMILES string of the molecule is CC(C)(C)OC(=O)n1c(=O)n(Cc2ccccc2)c2ccc(C(F)(F)F)cc21. The molecule has 0 aliphatic carbocycles. The van der Waals surface area contributed by atoms with Gasteiger partial charge >= 0.3 is 18.0 Å². The summed E-state index contributed by atoms with van der Waals surface area (Å²) in [7, 11) is 0. The Morgan fingerprint density at radius 3 is 2.21 bits per heavy atom. The molecule has 0 aliphatic heterocycles. The van der Waals surface area contributed by atoms with Crippen LogP contribution in [0.25, 0.3) is 11.0 Å². The molecule has 0 atom stereocenters. The Balaban J connectivity index is 2.22. The van der Waals surface area contributed by atoms with Gasteiger partial charge in [-0.05, 0) is 44.5 Å². The van der Waals surface area contributed by atoms with E-state index in [1.165, 1.54) is 10.6 Å². The van der Waals surface area contributed by atoms with Crippen molar-refractivity contribution in [2.45, 2.75) is 39.1 Å². The van der Waals surface area contributed by atoms with Gasteiger partial charge in [0.15, 0.2) is 0 Å². The van der Waals surface area contributed by atoms with Gasteiger partial charge in [0.1, 0.15) is 5.60 Å². The minimum atomic E-state index is -4.61. The standard InChI is InChI=1S/C20H19F3N2O3/c1-19(2,3)28-18(27)25-16-11-14(20(21,22)23)9-10-15(16)24(17(25)26)12-13-7-5-4-6-8-13/h4-11H,12H2,1-3H3. The number of ether oxygens (including phenoxy) is 1. The molecule has 0 unspecified atom stereocenters. The highest BCUT2D eigenvalue weighted by Crippen LogP contribution is 2.31. The monoisotopic (exact) mass is 392 g/mol. The second kappa shape index (κ2) is 6.85. The number of carbonyl (C=O) groups excluding carboxylic acids is 1. The van der Waals surface area contributed by atoms with E-state index in [1.807, 2.05) is 6.07 Å². The van der Waals surface area contributed by atoms with Crippen molar-refractivity contribution in [2.75, 3.05) is 0 Å². The van der Waals surface area contributed by atoms with Gasteiger partial charge in [-0.2, -0.15) is 17.7 Å². The van der Waals surface area contributed by atoms with Gasteiger partial charge < -0.3 is 4.74 Å². The summed E-state index contributed by atoms with van der Waals surface area (Å²) in [6.45, 7) is 4.94. The highest BCUT2D eigenvalue weighted by atomic mass is 19.4. The smallest absolute Gasteiger partial charge is 0.423 e. The molecular formula is C20H19F3N2O3. The maximum Gasteiger partial charge on any atom is 0.423 e. The molecule has 0 radical (unpaired) electrons. The third kappa shape index (κ3) is 3.95. The van der Waals surface area contributed by atoms with Crippen LogP contribution in [0.15, 0.2) is 53.3 Å². The van der Waals surface area contributed by atoms with Gasteiger partial charge in [-0.3, -0.25) is 4.57 Å². The molecule has 1 heterocycles. The predicted molar refractivity (Wildman–Crippen MR) is 98.4 cm³/mol. The number of halogens is 3. The quantitative estimate of drug-likeness (QED) is 0.638. The van der Waals surface area contributed by atoms with E-state index in [4.69, 9.17) is 4.74 Å². The van der Waals surface area contributed by atoms with Gasteiger partial charge in [-0.15, -0.1) is 0 Å². The van der Waals surface area contributed by atoms with E-state index >= 15 is 0 Å². The summed E-state index contributed by atoms with van der Waals surface area (Å²) in [6.07, 6.45) is -5.63. The summed E-state index contributed by atoms with van der Waals surface area (Å²) in [5.41, 5.74) is -1.78. The van der Waals surface area contributed by atoms with Crippen molar-refractivity contribution >= 4 is 17.1 Å². The van der Waals surface area contributed by atoms with E-state index < -0.39 is 29.1 Å². The van der Waals surface area contributed by atoms with Crippen LogP contribution in [-0.4, -0.2) is 20.8 Å². The fourth-order valence-electron chi connectivity index (χ4n) is 2.84. The molecule has 0 fully saturated rings. The van der Waals surface area contributed by atoms with Crippen LogP contribution in [-0.2, 0) is 17.5 Å². The summed E-state index contributed by atoms with van der Waals surface area (Å²) >= 11 is 0. The predicted octanol–water partition coefficient (Wildman–Crippen LogP) is 4.65. The molecule has 3 rings (SSSR count). The molecule has 0 aliphatic rings. The van der Waals surface area contributed by atoms with Crippen LogP contribution >= 0.6 is 0 Å². The van der Waals surface area contributed by atoms with E-state index in [9.17, 15) is 22.8 Å². The molecule has 2 aromatic carbocycles. The lowest BCUT2D eigenvalue weighted by atomic mass is 10.2. The number of hydrogen-bond donors (Lipinski definition) is 0. The number of imidazole rings is 1. The van der Waals surface area contributed by atoms with Crippen molar-refractivity contribution in [3.05, 3.63) is 70.1 Å². The van der Waals surface area contributed by atoms with Gasteiger partial charge in [-0.25, -0.2) is 9.59 Å². The summed E-state index contributed by atoms with van der Waals surface area (Å²) < 4.78 is 46.6. The summed E-state index contributed by atoms with van der Waals surface area (Å²) in [5.74, 6) is 0. The summed E-state index contributed by atoms with van der Waals surface area (Å²) in [6, 6.07) is 11.8. The maximum atomic E-state index is 13.2. The lowest BCUT2D eigenvalue weighted by Crippen LogP contribution is -2.34. The summed E-state index contributed by atoms with van der Waals surface area (Å²) in [4.78, 5) is 25.5. The first kappa shape index (κ1) is 19.7. The largest absolute Gasteiger partial charge is 0.443 e. The molecule has 0 saturated heterocycles. The third-order valence-electron chi connectivity index (χ3n) is 4.02. The molecule has 0 saturated carbocycles. The Kier molecular flexibility index (Phi) is 4.82. The first-order valence-corrected chi connectivity index (χ1v) is 8.57. The molecule has 0 bridgehead atoms. The molecule has 28 heavy (non-hydrogen) atoms. The van der Waals surface area contributed by atoms with E-state index in [2.05, 4.69) is 0 Å². The lowest BCUT2D eigenvalue weighted by Gasteiger charge is -2.19. The Hall–Kier alpha value is -3.03. The highest BCUT2D eigenvalue weighted by Gasteiger charge is 2.32. The van der Waals surface area contributed by atoms with Crippen LogP contribution < -0.4 is 5.69 Å². The van der Waals surface area contributed by atoms with E-state index in [1.54, 1.807) is 45.0 Å². The van der Waals surface area contributed by atoms with E-state index in [-0.39, 0.29) is 17.6 Å². The minimum absolute atomic E-state index is 0.108. The van der Waals surface area contributed by atoms with Crippen LogP contribution in [0, 0.1) is 0 Å². The van der Waals surface area contributed by atoms with Crippen molar-refractivity contribution in [3.8, 4) is 0 Å². The van der Waals surface area contributed by atoms with Gasteiger partial charge in [-0.1, -0.05) is 30.3 Å². The molecule has 8 heteroatoms. The molecule has 3 aromatic rings. The zero-order valence-electron chi connectivity index (χ0n) is 15.6. The Labute approximate surface area is 159 Å². The van der Waals surface area contributed by atoms with Gasteiger partial charge in [0.2, 0.25) is 0 Å². The molecule has 0 N–H and O–H groups in total. The Bertz CT molecular complexity index is 1070. The second-order valence-electron chi connectivity index (χ2n) is 7.37. The Morgan fingerprint density at radius 2 is 1.64 bits per heavy atom. The normalized spacial score (nSPS) is 12.4. The number of rotatable bonds is 2. The van der Waals surface area contributed by atoms with Crippen LogP contribution in [0.3, 0.4) is 0 Å². The number of fused-ring (bicyclic) bond motifs is 1. The molecule has 0 spiro atoms. The van der Waals surface area contributed by atoms with Crippen LogP contribution in [0.2, 0.25) is 0 Å². The van der Waals surface area contributed by atoms with Gasteiger partial charge in [0, 0.05) is 0 Å². The average molecular weight is 392 g/mol. The van der Waals surface area contributed by atoms with E-state index in [0.717, 1.165) is 17.7 Å². The van der Waals surface area contributed by atoms with Crippen molar-refractivity contribution in [2.24, 2.45) is 0 Å². The fourth-order valence-corrected chi connectivity index (χ4v) is 2.84. The molecule has 5 nitrogen and oxygen atoms in total. The van der Waals surface area contributed by atoms with E-state index in [0.29, 0.717) is 4.57 Å². The van der Waals surface area contributed by atoms with Crippen molar-refractivity contribution in [1.82, 2.24) is 9.13 Å². The molecule has 0 amide bonds. The van der Waals surface area contributed by atoms with Crippen LogP contribution in [0.1, 0.15) is 31.9 Å². The van der Waals surface area contributed by atoms with Crippen molar-refractivity contribution in [1.29, 1.82) is 0 Å². The number of carbonyl (C=O) groups is 1. The van der Waals surface area contributed by atoms with Crippen molar-refractivity contribution < 1.29 is 22.7 Å². The highest BCUT2D eigenvalue weighted by molar-refractivity contribution is 5.87. The number of alkyl halides is 3. The van der Waals surface area contributed by atoms with Gasteiger partial charge in [0.25, 0.3) is 0 Å². The fraction of sp³-hybridized carbons (Fsp3) is 0.300. The minimum Gasteiger partial charge on any atom is -0.443 e. The third-order valence-corrected chi connectivity index (χ3v) is 4.02. The first-order valence-electron chi connectivity index (χ1n) is 8.57. The zero-order chi connectivity index (χ0) is 20.7. The Morgan fingerprint density at radius 1 is 1.00 bits per heavy atom. The first-order chi connectivity index (χ1) is 13.0. The van der Waals surface area contributed by atoms with Crippen molar-refractivity contribution in [3.63, 3.8) is 0 Å². The topological polar surface area (TPSA) is 53.2 Å². The molecule has 1 aromatic heterocycles. The molecule has 148 valence electrons. The number of nitrogens with zero attached hydrogens (tertiary/aromatic N) is 2. The molecular weight excluding hydrogens is 373 g/mol. The second-order valence-corrected chi connectivity index (χ2v) is 7.37. The van der Waals surface area contributed by atoms with Crippen LogP contribution in [0.4, 0.5) is 18.0 Å². The lowest BCUT2D eigenvalue weighted by molar-refractivity contribution is -0.137. The number of benzene rings is 2. The average Bonchev–Trinajstić information content (AvgIpc) is 2.85. The number of aromatic nitrogens is 2. The zero-order valence-corrected chi connectivity index (χ0v) is 15.6. The van der Waals surface area contributed by atoms with Gasteiger partial charge in [0.05, 0.1) is 23.1 Å². The van der Waals surface area contributed by atoms with Crippen LogP contribution in [0.5, 0.6) is 0 Å². The number of hydrogen-bond acceptors (Lipinski definition) is 3. The summed E-state index contributed by atoms with van der Waals surface area (Å²) in [5, 5.41) is 0.